The van der Waals surface area contributed by atoms with Crippen molar-refractivity contribution in [3.05, 3.63) is 0 Å². The fourth-order valence-electron chi connectivity index (χ4n) is 0. The summed E-state index contributed by atoms with van der Waals surface area (Å²) in [7, 11) is -8.64. The molecule has 0 atom stereocenters. The van der Waals surface area contributed by atoms with Crippen molar-refractivity contribution in [1.82, 2.24) is 0 Å². The van der Waals surface area contributed by atoms with Crippen LogP contribution >= 0.6 is 25.8 Å². The zero-order valence-electron chi connectivity index (χ0n) is 5.84. The molecular weight excluding hydrogens is 343 g/mol. The van der Waals surface area contributed by atoms with Crippen LogP contribution in [0, 0.1) is 0 Å². The molecule has 0 heterocycles. The molecule has 0 saturated carbocycles. The molecule has 0 aromatic heterocycles. The second-order valence-electron chi connectivity index (χ2n) is 0.900. The molecule has 9 N–H and O–H groups in total. The molecule has 0 fully saturated rings. The van der Waals surface area contributed by atoms with Crippen LogP contribution in [0.3, 0.4) is 0 Å². The summed E-state index contributed by atoms with van der Waals surface area (Å²) < 4.78 is 0. The molecule has 0 aromatic rings. The Morgan fingerprint density at radius 1 is 0.385 bits per heavy atom. The maximum absolute atomic E-state index is 7.27. The van der Waals surface area contributed by atoms with Crippen LogP contribution in [0.1, 0.15) is 0 Å². The molecule has 0 spiro atoms. The van der Waals surface area contributed by atoms with Crippen molar-refractivity contribution in [2.75, 3.05) is 0 Å². The van der Waals surface area contributed by atoms with Crippen LogP contribution in [-0.4, -0.2) is 44.0 Å². The van der Waals surface area contributed by atoms with Crippen LogP contribution in [0.25, 0.3) is 0 Å². The van der Waals surface area contributed by atoms with E-state index in [0.29, 0.717) is 0 Å². The summed E-state index contributed by atoms with van der Waals surface area (Å²) in [5.74, 6) is 0. The first-order valence-corrected chi connectivity index (χ1v) is 6.04. The van der Waals surface area contributed by atoms with Crippen LogP contribution in [-0.2, 0) is 20.4 Å². The van der Waals surface area contributed by atoms with Crippen LogP contribution < -0.4 is 0 Å². The summed E-state index contributed by atoms with van der Waals surface area (Å²) in [5, 5.41) is 0. The summed E-state index contributed by atoms with van der Waals surface area (Å²) in [6.07, 6.45) is 0. The molecule has 0 rings (SSSR count). The number of rotatable bonds is 0. The standard InChI is InChI=1S/3H4O3P.Pd/c3*1-4(2)3;/h3*1-4H;/q3*+1;. The van der Waals surface area contributed by atoms with Gasteiger partial charge in [-0.05, 0) is 0 Å². The molecule has 0 aliphatic heterocycles. The second kappa shape index (κ2) is 19.2. The van der Waals surface area contributed by atoms with E-state index >= 15 is 0 Å². The molecule has 0 unspecified atom stereocenters. The third kappa shape index (κ3) is 720. The van der Waals surface area contributed by atoms with Gasteiger partial charge in [0.15, 0.2) is 0 Å². The molecule has 0 aromatic carbocycles. The van der Waals surface area contributed by atoms with Gasteiger partial charge in [-0.1, -0.05) is 0 Å². The van der Waals surface area contributed by atoms with Crippen molar-refractivity contribution in [2.45, 2.75) is 0 Å². The van der Waals surface area contributed by atoms with Crippen molar-refractivity contribution in [2.24, 2.45) is 0 Å². The van der Waals surface area contributed by atoms with Gasteiger partial charge < -0.3 is 0 Å². The Balaban J connectivity index is -0.0000000450. The predicted molar refractivity (Wildman–Crippen MR) is 44.9 cm³/mol. The third-order valence-corrected chi connectivity index (χ3v) is 0. The molecule has 0 amide bonds. The minimum absolute atomic E-state index is 0. The largest absolute Gasteiger partial charge is 0.390 e. The molecule has 13 heteroatoms. The average Bonchev–Trinajstić information content (AvgIpc) is 1.54. The van der Waals surface area contributed by atoms with Gasteiger partial charge in [-0.25, -0.2) is 0 Å². The summed E-state index contributed by atoms with van der Waals surface area (Å²) in [5.41, 5.74) is 0. The van der Waals surface area contributed by atoms with E-state index in [1.807, 2.05) is 0 Å². The monoisotopic (exact) mass is 355 g/mol. The number of hydrogen-bond donors (Lipinski definition) is 9. The molecule has 0 bridgehead atoms. The van der Waals surface area contributed by atoms with E-state index in [1.54, 1.807) is 0 Å². The van der Waals surface area contributed by atoms with Crippen LogP contribution in [0.2, 0.25) is 0 Å². The fourth-order valence-corrected chi connectivity index (χ4v) is 0. The fraction of sp³-hybridized carbons (Fsp3) is 0. The Labute approximate surface area is 90.6 Å². The van der Waals surface area contributed by atoms with E-state index in [9.17, 15) is 0 Å². The van der Waals surface area contributed by atoms with E-state index < -0.39 is 25.8 Å². The van der Waals surface area contributed by atoms with E-state index in [-0.39, 0.29) is 20.4 Å². The Bertz CT molecular complexity index is 43.4. The molecular formula is H12O9P3Pd+3. The summed E-state index contributed by atoms with van der Waals surface area (Å²) in [6, 6.07) is 0. The molecule has 0 radical (unpaired) electrons. The second-order valence-corrected chi connectivity index (χ2v) is 2.70. The molecule has 13 heavy (non-hydrogen) atoms. The van der Waals surface area contributed by atoms with Crippen molar-refractivity contribution in [3.8, 4) is 0 Å². The number of hydrogen-bond acceptors (Lipinski definition) is 9. The SMILES string of the molecule is O[PH+](O)O.O[PH+](O)O.O[PH+](O)O.[Pd]. The first kappa shape index (κ1) is 24.0. The molecule has 0 aliphatic carbocycles. The van der Waals surface area contributed by atoms with E-state index in [0.717, 1.165) is 0 Å². The van der Waals surface area contributed by atoms with Crippen molar-refractivity contribution in [1.29, 1.82) is 0 Å². The van der Waals surface area contributed by atoms with Gasteiger partial charge in [-0.2, -0.15) is 44.0 Å². The Morgan fingerprint density at radius 3 is 0.385 bits per heavy atom. The minimum atomic E-state index is -2.88. The topological polar surface area (TPSA) is 182 Å². The normalized spacial score (nSPS) is 8.31. The van der Waals surface area contributed by atoms with Gasteiger partial charge in [-0.3, -0.25) is 0 Å². The molecule has 88 valence electrons. The zero-order valence-corrected chi connectivity index (χ0v) is 10.4. The predicted octanol–water partition coefficient (Wildman–Crippen LogP) is -3.24. The van der Waals surface area contributed by atoms with Crippen LogP contribution in [0.5, 0.6) is 0 Å². The first-order valence-electron chi connectivity index (χ1n) is 2.01. The maximum Gasteiger partial charge on any atom is 0.390 e. The quantitative estimate of drug-likeness (QED) is 0.159. The van der Waals surface area contributed by atoms with Crippen molar-refractivity contribution >= 4 is 25.8 Å². The summed E-state index contributed by atoms with van der Waals surface area (Å²) in [6.45, 7) is 0. The molecule has 9 nitrogen and oxygen atoms in total. The van der Waals surface area contributed by atoms with E-state index in [2.05, 4.69) is 0 Å². The van der Waals surface area contributed by atoms with Gasteiger partial charge in [0.1, 0.15) is 0 Å². The molecule has 0 aliphatic rings. The van der Waals surface area contributed by atoms with Gasteiger partial charge >= 0.3 is 25.8 Å². The summed E-state index contributed by atoms with van der Waals surface area (Å²) in [4.78, 5) is 65.4. The van der Waals surface area contributed by atoms with Gasteiger partial charge in [-0.15, -0.1) is 0 Å². The smallest absolute Gasteiger partial charge is 0.195 e. The molecule has 0 saturated heterocycles. The van der Waals surface area contributed by atoms with Crippen LogP contribution in [0.4, 0.5) is 0 Å². The van der Waals surface area contributed by atoms with E-state index in [1.165, 1.54) is 0 Å². The van der Waals surface area contributed by atoms with Gasteiger partial charge in [0.05, 0.1) is 0 Å². The van der Waals surface area contributed by atoms with Gasteiger partial charge in [0, 0.05) is 20.4 Å². The average molecular weight is 355 g/mol. The summed E-state index contributed by atoms with van der Waals surface area (Å²) >= 11 is 0. The Hall–Kier alpha value is 1.59. The van der Waals surface area contributed by atoms with Gasteiger partial charge in [0.2, 0.25) is 0 Å². The first-order chi connectivity index (χ1) is 5.20. The maximum atomic E-state index is 7.27. The minimum Gasteiger partial charge on any atom is -0.195 e. The van der Waals surface area contributed by atoms with Crippen LogP contribution in [0.15, 0.2) is 0 Å². The van der Waals surface area contributed by atoms with Crippen molar-refractivity contribution < 1.29 is 64.5 Å². The zero-order chi connectivity index (χ0) is 10.7. The Morgan fingerprint density at radius 2 is 0.385 bits per heavy atom. The Kier molecular flexibility index (Phi) is 35.5. The third-order valence-electron chi connectivity index (χ3n) is 0. The van der Waals surface area contributed by atoms with E-state index in [4.69, 9.17) is 44.0 Å². The van der Waals surface area contributed by atoms with Crippen molar-refractivity contribution in [3.63, 3.8) is 0 Å². The van der Waals surface area contributed by atoms with Gasteiger partial charge in [0.25, 0.3) is 0 Å².